The molecule has 2 atom stereocenters. The van der Waals surface area contributed by atoms with Crippen molar-refractivity contribution in [3.05, 3.63) is 60.2 Å². The lowest BCUT2D eigenvalue weighted by molar-refractivity contribution is -0.132. The minimum Gasteiger partial charge on any atom is -0.385 e. The molecule has 4 rings (SSSR count). The van der Waals surface area contributed by atoms with Gasteiger partial charge in [0.25, 0.3) is 0 Å². The Morgan fingerprint density at radius 2 is 2.16 bits per heavy atom. The van der Waals surface area contributed by atoms with E-state index in [2.05, 4.69) is 27.8 Å². The van der Waals surface area contributed by atoms with E-state index in [1.54, 1.807) is 13.3 Å². The molecule has 7 heteroatoms. The number of carbonyl (C=O) groups is 1. The van der Waals surface area contributed by atoms with Gasteiger partial charge >= 0.3 is 0 Å². The first-order chi connectivity index (χ1) is 15.7. The molecule has 1 saturated heterocycles. The van der Waals surface area contributed by atoms with Crippen molar-refractivity contribution in [2.24, 2.45) is 5.73 Å². The second-order valence-electron chi connectivity index (χ2n) is 8.67. The van der Waals surface area contributed by atoms with Crippen molar-refractivity contribution in [3.8, 4) is 0 Å². The maximum absolute atomic E-state index is 13.0. The van der Waals surface area contributed by atoms with Crippen LogP contribution in [0.25, 0.3) is 11.0 Å². The van der Waals surface area contributed by atoms with Crippen LogP contribution >= 0.6 is 0 Å². The highest BCUT2D eigenvalue weighted by Gasteiger charge is 2.29. The Bertz CT molecular complexity index is 1020. The maximum Gasteiger partial charge on any atom is 0.224 e. The van der Waals surface area contributed by atoms with E-state index in [4.69, 9.17) is 15.5 Å². The van der Waals surface area contributed by atoms with E-state index in [0.29, 0.717) is 19.4 Å². The molecule has 1 fully saturated rings. The number of hydrogen-bond acceptors (Lipinski definition) is 5. The van der Waals surface area contributed by atoms with Gasteiger partial charge in [0.15, 0.2) is 0 Å². The molecule has 0 radical (unpaired) electrons. The summed E-state index contributed by atoms with van der Waals surface area (Å²) in [5.41, 5.74) is 9.53. The van der Waals surface area contributed by atoms with Gasteiger partial charge in [0.2, 0.25) is 5.91 Å². The molecule has 2 N–H and O–H groups in total. The number of benzene rings is 1. The van der Waals surface area contributed by atoms with Crippen LogP contribution in [0.5, 0.6) is 0 Å². The average Bonchev–Trinajstić information content (AvgIpc) is 3.18. The van der Waals surface area contributed by atoms with Crippen molar-refractivity contribution >= 4 is 16.9 Å². The highest BCUT2D eigenvalue weighted by Crippen LogP contribution is 2.30. The number of aryl methyl sites for hydroxylation is 1. The zero-order chi connectivity index (χ0) is 22.3. The zero-order valence-electron chi connectivity index (χ0n) is 18.8. The summed E-state index contributed by atoms with van der Waals surface area (Å²) >= 11 is 0. The van der Waals surface area contributed by atoms with Crippen molar-refractivity contribution in [1.29, 1.82) is 0 Å². The van der Waals surface area contributed by atoms with Gasteiger partial charge < -0.3 is 19.9 Å². The molecule has 170 valence electrons. The van der Waals surface area contributed by atoms with Crippen LogP contribution in [0, 0.1) is 0 Å². The van der Waals surface area contributed by atoms with Crippen molar-refractivity contribution in [2.75, 3.05) is 26.8 Å². The Morgan fingerprint density at radius 1 is 1.28 bits per heavy atom. The van der Waals surface area contributed by atoms with Crippen molar-refractivity contribution < 1.29 is 9.53 Å². The molecule has 1 aromatic carbocycles. The van der Waals surface area contributed by atoms with Crippen LogP contribution in [-0.4, -0.2) is 58.2 Å². The maximum atomic E-state index is 13.0. The number of ether oxygens (including phenoxy) is 1. The monoisotopic (exact) mass is 435 g/mol. The van der Waals surface area contributed by atoms with Crippen LogP contribution in [0.3, 0.4) is 0 Å². The van der Waals surface area contributed by atoms with Crippen LogP contribution in [0.15, 0.2) is 48.8 Å². The number of carbonyl (C=O) groups excluding carboxylic acids is 1. The zero-order valence-corrected chi connectivity index (χ0v) is 18.8. The Balaban J connectivity index is 1.44. The predicted octanol–water partition coefficient (Wildman–Crippen LogP) is 3.13. The number of hydrogen-bond donors (Lipinski definition) is 1. The van der Waals surface area contributed by atoms with E-state index in [9.17, 15) is 4.79 Å². The number of imidazole rings is 1. The fourth-order valence-corrected chi connectivity index (χ4v) is 4.67. The topological polar surface area (TPSA) is 86.3 Å². The Labute approximate surface area is 189 Å². The summed E-state index contributed by atoms with van der Waals surface area (Å²) in [4.78, 5) is 24.1. The largest absolute Gasteiger partial charge is 0.385 e. The van der Waals surface area contributed by atoms with Gasteiger partial charge in [-0.2, -0.15) is 0 Å². The Morgan fingerprint density at radius 3 is 2.97 bits per heavy atom. The number of amides is 1. The van der Waals surface area contributed by atoms with Crippen LogP contribution in [0.4, 0.5) is 0 Å². The average molecular weight is 436 g/mol. The van der Waals surface area contributed by atoms with Gasteiger partial charge in [0.05, 0.1) is 11.0 Å². The second kappa shape index (κ2) is 10.7. The number of methoxy groups -OCH3 is 1. The molecule has 1 aliphatic heterocycles. The van der Waals surface area contributed by atoms with Crippen LogP contribution in [0.2, 0.25) is 0 Å². The molecule has 1 amide bonds. The summed E-state index contributed by atoms with van der Waals surface area (Å²) in [6.07, 6.45) is 7.53. The SMILES string of the molecule is COCCCn1c([C@@H]2CCCN(C(=O)C[C@H](N)Cc3cccnc3)C2)nc2ccccc21. The lowest BCUT2D eigenvalue weighted by Crippen LogP contribution is -2.42. The number of nitrogens with zero attached hydrogens (tertiary/aromatic N) is 4. The van der Waals surface area contributed by atoms with E-state index in [1.807, 2.05) is 29.3 Å². The number of aromatic nitrogens is 3. The van der Waals surface area contributed by atoms with E-state index in [-0.39, 0.29) is 17.9 Å². The van der Waals surface area contributed by atoms with Crippen molar-refractivity contribution in [2.45, 2.75) is 50.6 Å². The third-order valence-corrected chi connectivity index (χ3v) is 6.21. The van der Waals surface area contributed by atoms with Gasteiger partial charge in [0.1, 0.15) is 5.82 Å². The molecule has 7 nitrogen and oxygen atoms in total. The minimum atomic E-state index is -0.203. The summed E-state index contributed by atoms with van der Waals surface area (Å²) in [6.45, 7) is 3.07. The number of likely N-dealkylation sites (tertiary alicyclic amines) is 1. The first-order valence-corrected chi connectivity index (χ1v) is 11.5. The highest BCUT2D eigenvalue weighted by molar-refractivity contribution is 5.77. The van der Waals surface area contributed by atoms with E-state index in [1.165, 1.54) is 0 Å². The molecule has 1 aliphatic rings. The summed E-state index contributed by atoms with van der Waals surface area (Å²) in [6, 6.07) is 12.0. The summed E-state index contributed by atoms with van der Waals surface area (Å²) in [7, 11) is 1.73. The quantitative estimate of drug-likeness (QED) is 0.522. The Hall–Kier alpha value is -2.77. The first kappa shape index (κ1) is 22.4. The van der Waals surface area contributed by atoms with Crippen LogP contribution < -0.4 is 5.73 Å². The number of pyridine rings is 1. The molecule has 0 unspecified atom stereocenters. The van der Waals surface area contributed by atoms with Gasteiger partial charge in [-0.05, 0) is 49.4 Å². The molecule has 2 aromatic heterocycles. The third kappa shape index (κ3) is 5.34. The molecule has 0 aliphatic carbocycles. The van der Waals surface area contributed by atoms with Gasteiger partial charge in [-0.3, -0.25) is 9.78 Å². The molecular formula is C25H33N5O2. The van der Waals surface area contributed by atoms with E-state index < -0.39 is 0 Å². The van der Waals surface area contributed by atoms with Crippen molar-refractivity contribution in [3.63, 3.8) is 0 Å². The van der Waals surface area contributed by atoms with Gasteiger partial charge in [-0.25, -0.2) is 4.98 Å². The van der Waals surface area contributed by atoms with Gasteiger partial charge in [0, 0.05) is 64.1 Å². The Kier molecular flexibility index (Phi) is 7.50. The van der Waals surface area contributed by atoms with Gasteiger partial charge in [-0.1, -0.05) is 18.2 Å². The summed E-state index contributed by atoms with van der Waals surface area (Å²) < 4.78 is 7.58. The smallest absolute Gasteiger partial charge is 0.224 e. The molecule has 0 bridgehead atoms. The van der Waals surface area contributed by atoms with E-state index >= 15 is 0 Å². The fraction of sp³-hybridized carbons (Fsp3) is 0.480. The molecule has 32 heavy (non-hydrogen) atoms. The van der Waals surface area contributed by atoms with Crippen LogP contribution in [0.1, 0.15) is 43.0 Å². The third-order valence-electron chi connectivity index (χ3n) is 6.21. The number of nitrogens with two attached hydrogens (primary N) is 1. The number of para-hydroxylation sites is 2. The van der Waals surface area contributed by atoms with Crippen LogP contribution in [-0.2, 0) is 22.5 Å². The molecule has 3 aromatic rings. The summed E-state index contributed by atoms with van der Waals surface area (Å²) in [5, 5.41) is 0. The lowest BCUT2D eigenvalue weighted by atomic mass is 9.96. The predicted molar refractivity (Wildman–Crippen MR) is 125 cm³/mol. The first-order valence-electron chi connectivity index (χ1n) is 11.5. The van der Waals surface area contributed by atoms with Gasteiger partial charge in [-0.15, -0.1) is 0 Å². The standard InChI is InChI=1S/C25H33N5O2/c1-32-14-6-13-30-23-10-3-2-9-22(23)28-25(30)20-8-5-12-29(18-20)24(31)16-21(26)15-19-7-4-11-27-17-19/h2-4,7,9-11,17,20-21H,5-6,8,12-16,18,26H2,1H3/t20-,21-/m1/s1. The number of rotatable bonds is 9. The highest BCUT2D eigenvalue weighted by atomic mass is 16.5. The fourth-order valence-electron chi connectivity index (χ4n) is 4.67. The number of fused-ring (bicyclic) bond motifs is 1. The summed E-state index contributed by atoms with van der Waals surface area (Å²) in [5.74, 6) is 1.45. The molecular weight excluding hydrogens is 402 g/mol. The molecule has 3 heterocycles. The molecule has 0 saturated carbocycles. The van der Waals surface area contributed by atoms with E-state index in [0.717, 1.165) is 61.4 Å². The second-order valence-corrected chi connectivity index (χ2v) is 8.67. The normalized spacial score (nSPS) is 17.6. The minimum absolute atomic E-state index is 0.133. The molecule has 0 spiro atoms. The number of piperidine rings is 1. The van der Waals surface area contributed by atoms with Crippen molar-refractivity contribution in [1.82, 2.24) is 19.4 Å². The lowest BCUT2D eigenvalue weighted by Gasteiger charge is -2.33.